The zero-order chi connectivity index (χ0) is 11.8. The summed E-state index contributed by atoms with van der Waals surface area (Å²) in [5, 5.41) is 0. The van der Waals surface area contributed by atoms with Gasteiger partial charge < -0.3 is 10.5 Å². The minimum Gasteiger partial charge on any atom is -0.496 e. The summed E-state index contributed by atoms with van der Waals surface area (Å²) in [5.74, 6) is 0.783. The highest BCUT2D eigenvalue weighted by Crippen LogP contribution is 2.48. The molecule has 1 aromatic carbocycles. The lowest BCUT2D eigenvalue weighted by atomic mass is 9.93. The minimum absolute atomic E-state index is 0.135. The Morgan fingerprint density at radius 1 is 1.50 bits per heavy atom. The maximum Gasteiger partial charge on any atom is 0.173 e. The zero-order valence-corrected chi connectivity index (χ0v) is 9.75. The molecule has 0 amide bonds. The van der Waals surface area contributed by atoms with E-state index in [1.165, 1.54) is 0 Å². The number of benzene rings is 1. The minimum atomic E-state index is -0.304. The molecule has 0 aromatic heterocycles. The number of Topliss-reactive ketones (excluding diaryl/α,β-unsaturated/α-hetero) is 1. The molecule has 3 heteroatoms. The van der Waals surface area contributed by atoms with E-state index in [1.807, 2.05) is 25.1 Å². The molecule has 0 spiro atoms. The molecule has 2 N–H and O–H groups in total. The van der Waals surface area contributed by atoms with Crippen molar-refractivity contribution in [2.45, 2.75) is 19.8 Å². The summed E-state index contributed by atoms with van der Waals surface area (Å²) in [4.78, 5) is 12.3. The maximum absolute atomic E-state index is 12.3. The molecule has 1 saturated carbocycles. The van der Waals surface area contributed by atoms with Crippen LogP contribution in [0, 0.1) is 12.3 Å². The summed E-state index contributed by atoms with van der Waals surface area (Å²) in [6, 6.07) is 5.67. The summed E-state index contributed by atoms with van der Waals surface area (Å²) < 4.78 is 5.23. The van der Waals surface area contributed by atoms with Crippen LogP contribution in [0.2, 0.25) is 0 Å². The number of carbonyl (C=O) groups is 1. The van der Waals surface area contributed by atoms with Gasteiger partial charge in [-0.3, -0.25) is 4.79 Å². The lowest BCUT2D eigenvalue weighted by Crippen LogP contribution is -2.25. The first kappa shape index (κ1) is 11.1. The summed E-state index contributed by atoms with van der Waals surface area (Å²) in [5.41, 5.74) is 7.11. The van der Waals surface area contributed by atoms with Gasteiger partial charge in [0.05, 0.1) is 12.7 Å². The fourth-order valence-corrected chi connectivity index (χ4v) is 1.96. The molecule has 1 aliphatic carbocycles. The normalized spacial score (nSPS) is 16.9. The molecule has 0 heterocycles. The van der Waals surface area contributed by atoms with Crippen LogP contribution in [0.25, 0.3) is 0 Å². The van der Waals surface area contributed by atoms with Crippen molar-refractivity contribution < 1.29 is 9.53 Å². The van der Waals surface area contributed by atoms with E-state index in [0.29, 0.717) is 17.9 Å². The van der Waals surface area contributed by atoms with E-state index >= 15 is 0 Å². The lowest BCUT2D eigenvalue weighted by molar-refractivity contribution is 0.0902. The second-order valence-corrected chi connectivity index (χ2v) is 4.52. The molecule has 0 radical (unpaired) electrons. The van der Waals surface area contributed by atoms with Crippen LogP contribution in [-0.2, 0) is 0 Å². The van der Waals surface area contributed by atoms with E-state index in [1.54, 1.807) is 7.11 Å². The number of methoxy groups -OCH3 is 1. The van der Waals surface area contributed by atoms with Gasteiger partial charge in [0.15, 0.2) is 5.78 Å². The van der Waals surface area contributed by atoms with Crippen LogP contribution in [0.4, 0.5) is 0 Å². The van der Waals surface area contributed by atoms with Crippen LogP contribution in [0.5, 0.6) is 5.75 Å². The van der Waals surface area contributed by atoms with Crippen molar-refractivity contribution in [3.63, 3.8) is 0 Å². The summed E-state index contributed by atoms with van der Waals surface area (Å²) >= 11 is 0. The third-order valence-electron chi connectivity index (χ3n) is 3.33. The van der Waals surface area contributed by atoms with Gasteiger partial charge >= 0.3 is 0 Å². The molecular formula is C13H17NO2. The number of carbonyl (C=O) groups excluding carboxylic acids is 1. The van der Waals surface area contributed by atoms with Crippen LogP contribution < -0.4 is 10.5 Å². The van der Waals surface area contributed by atoms with Gasteiger partial charge in [0.25, 0.3) is 0 Å². The first-order valence-corrected chi connectivity index (χ1v) is 5.52. The molecule has 0 aliphatic heterocycles. The van der Waals surface area contributed by atoms with E-state index in [4.69, 9.17) is 10.5 Å². The Balaban J connectivity index is 2.39. The van der Waals surface area contributed by atoms with Gasteiger partial charge in [0.2, 0.25) is 0 Å². The number of aryl methyl sites for hydroxylation is 1. The van der Waals surface area contributed by atoms with Crippen molar-refractivity contribution in [1.29, 1.82) is 0 Å². The highest BCUT2D eigenvalue weighted by Gasteiger charge is 2.49. The molecule has 0 unspecified atom stereocenters. The van der Waals surface area contributed by atoms with Crippen molar-refractivity contribution >= 4 is 5.78 Å². The first-order valence-electron chi connectivity index (χ1n) is 5.52. The molecule has 0 saturated heterocycles. The van der Waals surface area contributed by atoms with Crippen LogP contribution in [-0.4, -0.2) is 19.4 Å². The van der Waals surface area contributed by atoms with Crippen LogP contribution in [0.1, 0.15) is 28.8 Å². The highest BCUT2D eigenvalue weighted by atomic mass is 16.5. The van der Waals surface area contributed by atoms with Crippen molar-refractivity contribution in [2.24, 2.45) is 11.1 Å². The number of hydrogen-bond donors (Lipinski definition) is 1. The number of hydrogen-bond acceptors (Lipinski definition) is 3. The Bertz CT molecular complexity index is 422. The topological polar surface area (TPSA) is 52.3 Å². The Morgan fingerprint density at radius 2 is 2.19 bits per heavy atom. The van der Waals surface area contributed by atoms with Crippen LogP contribution in [0.3, 0.4) is 0 Å². The largest absolute Gasteiger partial charge is 0.496 e. The molecule has 2 rings (SSSR count). The predicted molar refractivity (Wildman–Crippen MR) is 62.8 cm³/mol. The lowest BCUT2D eigenvalue weighted by Gasteiger charge is -2.14. The zero-order valence-electron chi connectivity index (χ0n) is 9.75. The highest BCUT2D eigenvalue weighted by molar-refractivity contribution is 6.04. The Kier molecular flexibility index (Phi) is 2.72. The molecule has 1 fully saturated rings. The van der Waals surface area contributed by atoms with E-state index < -0.39 is 0 Å². The number of nitrogens with two attached hydrogens (primary N) is 1. The molecule has 3 nitrogen and oxygen atoms in total. The monoisotopic (exact) mass is 219 g/mol. The number of rotatable bonds is 4. The predicted octanol–water partition coefficient (Wildman–Crippen LogP) is 1.93. The molecule has 86 valence electrons. The molecule has 1 aliphatic rings. The van der Waals surface area contributed by atoms with Crippen LogP contribution in [0.15, 0.2) is 18.2 Å². The van der Waals surface area contributed by atoms with Crippen molar-refractivity contribution in [3.8, 4) is 5.75 Å². The summed E-state index contributed by atoms with van der Waals surface area (Å²) in [6.07, 6.45) is 1.80. The van der Waals surface area contributed by atoms with Gasteiger partial charge in [-0.15, -0.1) is 0 Å². The Hall–Kier alpha value is -1.35. The third-order valence-corrected chi connectivity index (χ3v) is 3.33. The van der Waals surface area contributed by atoms with Gasteiger partial charge in [0, 0.05) is 12.0 Å². The molecule has 1 aromatic rings. The second kappa shape index (κ2) is 3.91. The standard InChI is InChI=1S/C13H17NO2/c1-9-3-4-11(16-2)10(7-9)12(15)13(8-14)5-6-13/h3-4,7H,5-6,8,14H2,1-2H3. The van der Waals surface area contributed by atoms with Gasteiger partial charge in [-0.05, 0) is 31.9 Å². The Morgan fingerprint density at radius 3 is 2.69 bits per heavy atom. The summed E-state index contributed by atoms with van der Waals surface area (Å²) in [6.45, 7) is 2.40. The average Bonchev–Trinajstić information content (AvgIpc) is 3.09. The molecular weight excluding hydrogens is 202 g/mol. The fraction of sp³-hybridized carbons (Fsp3) is 0.462. The van der Waals surface area contributed by atoms with Crippen molar-refractivity contribution in [3.05, 3.63) is 29.3 Å². The van der Waals surface area contributed by atoms with E-state index in [-0.39, 0.29) is 11.2 Å². The van der Waals surface area contributed by atoms with Crippen molar-refractivity contribution in [1.82, 2.24) is 0 Å². The first-order chi connectivity index (χ1) is 7.63. The van der Waals surface area contributed by atoms with E-state index in [2.05, 4.69) is 0 Å². The van der Waals surface area contributed by atoms with Crippen LogP contribution >= 0.6 is 0 Å². The van der Waals surface area contributed by atoms with Gasteiger partial charge in [0.1, 0.15) is 5.75 Å². The number of ether oxygens (including phenoxy) is 1. The smallest absolute Gasteiger partial charge is 0.173 e. The van der Waals surface area contributed by atoms with E-state index in [0.717, 1.165) is 18.4 Å². The van der Waals surface area contributed by atoms with Gasteiger partial charge in [-0.25, -0.2) is 0 Å². The Labute approximate surface area is 95.6 Å². The second-order valence-electron chi connectivity index (χ2n) is 4.52. The molecule has 0 bridgehead atoms. The molecule has 16 heavy (non-hydrogen) atoms. The molecule has 0 atom stereocenters. The van der Waals surface area contributed by atoms with Gasteiger partial charge in [-0.1, -0.05) is 11.6 Å². The third kappa shape index (κ3) is 1.71. The average molecular weight is 219 g/mol. The van der Waals surface area contributed by atoms with E-state index in [9.17, 15) is 4.79 Å². The quantitative estimate of drug-likeness (QED) is 0.787. The fourth-order valence-electron chi connectivity index (χ4n) is 1.96. The van der Waals surface area contributed by atoms with Crippen molar-refractivity contribution in [2.75, 3.05) is 13.7 Å². The summed E-state index contributed by atoms with van der Waals surface area (Å²) in [7, 11) is 1.59. The maximum atomic E-state index is 12.3. The SMILES string of the molecule is COc1ccc(C)cc1C(=O)C1(CN)CC1. The van der Waals surface area contributed by atoms with Gasteiger partial charge in [-0.2, -0.15) is 0 Å². The number of ketones is 1.